The molecule has 1 aromatic carbocycles. The first-order valence-electron chi connectivity index (χ1n) is 11.4. The van der Waals surface area contributed by atoms with E-state index in [1.807, 2.05) is 20.8 Å². The quantitative estimate of drug-likeness (QED) is 0.694. The first-order valence-corrected chi connectivity index (χ1v) is 11.4. The van der Waals surface area contributed by atoms with Crippen molar-refractivity contribution in [2.24, 2.45) is 5.92 Å². The van der Waals surface area contributed by atoms with E-state index in [2.05, 4.69) is 50.8 Å². The van der Waals surface area contributed by atoms with Crippen LogP contribution >= 0.6 is 0 Å². The number of rotatable bonds is 6. The van der Waals surface area contributed by atoms with Crippen molar-refractivity contribution in [3.05, 3.63) is 40.6 Å². The van der Waals surface area contributed by atoms with Gasteiger partial charge in [-0.3, -0.25) is 0 Å². The van der Waals surface area contributed by atoms with Gasteiger partial charge in [0.25, 0.3) is 0 Å². The van der Waals surface area contributed by atoms with Gasteiger partial charge in [-0.15, -0.1) is 0 Å². The largest absolute Gasteiger partial charge is 0.465 e. The number of aromatic nitrogens is 2. The molecule has 174 valence electrons. The maximum Gasteiger partial charge on any atom is 0.407 e. The number of anilines is 1. The van der Waals surface area contributed by atoms with Crippen molar-refractivity contribution in [3.8, 4) is 11.4 Å². The standard InChI is InChI=1S/C25H36N4O3/c1-15(2)22-13-28(10-11-29(22)25(30)31)24-21(14-32-16(3)4)19(7)26-23(27-24)20-12-17(5)8-9-18(20)6/h8-9,12,15-16,22H,10-11,13-14H2,1-7H3,(H,30,31)/t22-/m1/s1. The third kappa shape index (κ3) is 5.21. The van der Waals surface area contributed by atoms with Crippen molar-refractivity contribution in [1.29, 1.82) is 0 Å². The van der Waals surface area contributed by atoms with Gasteiger partial charge in [0.15, 0.2) is 5.82 Å². The molecule has 0 bridgehead atoms. The fourth-order valence-electron chi connectivity index (χ4n) is 4.17. The lowest BCUT2D eigenvalue weighted by Gasteiger charge is -2.43. The van der Waals surface area contributed by atoms with Crippen LogP contribution in [0.15, 0.2) is 18.2 Å². The minimum atomic E-state index is -0.860. The molecule has 0 spiro atoms. The van der Waals surface area contributed by atoms with Crippen LogP contribution in [0.5, 0.6) is 0 Å². The van der Waals surface area contributed by atoms with Crippen molar-refractivity contribution in [2.75, 3.05) is 24.5 Å². The van der Waals surface area contributed by atoms with Crippen LogP contribution in [0.3, 0.4) is 0 Å². The predicted molar refractivity (Wildman–Crippen MR) is 127 cm³/mol. The summed E-state index contributed by atoms with van der Waals surface area (Å²) in [4.78, 5) is 25.5. The van der Waals surface area contributed by atoms with Gasteiger partial charge in [-0.2, -0.15) is 0 Å². The summed E-state index contributed by atoms with van der Waals surface area (Å²) < 4.78 is 5.95. The zero-order chi connectivity index (χ0) is 23.6. The average molecular weight is 441 g/mol. The molecule has 1 saturated heterocycles. The SMILES string of the molecule is Cc1ccc(C)c(-c2nc(C)c(COC(C)C)c(N3CCN(C(=O)O)[C@@H](C(C)C)C3)n2)c1. The molecule has 1 aromatic heterocycles. The zero-order valence-corrected chi connectivity index (χ0v) is 20.3. The van der Waals surface area contributed by atoms with E-state index in [9.17, 15) is 9.90 Å². The lowest BCUT2D eigenvalue weighted by atomic mass is 9.99. The molecule has 1 aliphatic rings. The highest BCUT2D eigenvalue weighted by atomic mass is 16.5. The van der Waals surface area contributed by atoms with Crippen molar-refractivity contribution >= 4 is 11.9 Å². The van der Waals surface area contributed by atoms with Crippen LogP contribution in [-0.2, 0) is 11.3 Å². The minimum absolute atomic E-state index is 0.0909. The van der Waals surface area contributed by atoms with Gasteiger partial charge in [-0.1, -0.05) is 31.5 Å². The van der Waals surface area contributed by atoms with Crippen molar-refractivity contribution in [3.63, 3.8) is 0 Å². The first kappa shape index (κ1) is 24.0. The Morgan fingerprint density at radius 2 is 1.88 bits per heavy atom. The maximum absolute atomic E-state index is 11.8. The van der Waals surface area contributed by atoms with Crippen molar-refractivity contribution in [1.82, 2.24) is 14.9 Å². The van der Waals surface area contributed by atoms with Gasteiger partial charge in [-0.05, 0) is 52.2 Å². The summed E-state index contributed by atoms with van der Waals surface area (Å²) >= 11 is 0. The Hall–Kier alpha value is -2.67. The number of aryl methyl sites for hydroxylation is 3. The van der Waals surface area contributed by atoms with Gasteiger partial charge in [-0.25, -0.2) is 14.8 Å². The van der Waals surface area contributed by atoms with Crippen LogP contribution in [0.1, 0.15) is 50.1 Å². The second-order valence-corrected chi connectivity index (χ2v) is 9.35. The van der Waals surface area contributed by atoms with E-state index < -0.39 is 6.09 Å². The molecule has 1 amide bonds. The van der Waals surface area contributed by atoms with Gasteiger partial charge in [0.05, 0.1) is 18.8 Å². The summed E-state index contributed by atoms with van der Waals surface area (Å²) in [5, 5.41) is 9.67. The molecule has 0 radical (unpaired) electrons. The third-order valence-corrected chi connectivity index (χ3v) is 6.12. The molecule has 0 aliphatic carbocycles. The minimum Gasteiger partial charge on any atom is -0.465 e. The van der Waals surface area contributed by atoms with Gasteiger partial charge in [0, 0.05) is 36.5 Å². The van der Waals surface area contributed by atoms with E-state index in [1.165, 1.54) is 0 Å². The van der Waals surface area contributed by atoms with Gasteiger partial charge >= 0.3 is 6.09 Å². The lowest BCUT2D eigenvalue weighted by Crippen LogP contribution is -2.57. The van der Waals surface area contributed by atoms with Crippen molar-refractivity contribution in [2.45, 2.75) is 67.2 Å². The molecule has 1 atom stereocenters. The van der Waals surface area contributed by atoms with Crippen LogP contribution in [0.2, 0.25) is 0 Å². The molecule has 0 saturated carbocycles. The van der Waals surface area contributed by atoms with E-state index in [0.717, 1.165) is 33.8 Å². The van der Waals surface area contributed by atoms with E-state index in [0.29, 0.717) is 32.1 Å². The van der Waals surface area contributed by atoms with Gasteiger partial charge < -0.3 is 19.6 Å². The molecule has 3 rings (SSSR count). The Morgan fingerprint density at radius 3 is 2.50 bits per heavy atom. The molecular formula is C25H36N4O3. The molecule has 1 aliphatic heterocycles. The Bertz CT molecular complexity index is 974. The molecular weight excluding hydrogens is 404 g/mol. The number of nitrogens with zero attached hydrogens (tertiary/aromatic N) is 4. The number of carbonyl (C=O) groups is 1. The van der Waals surface area contributed by atoms with E-state index in [-0.39, 0.29) is 18.1 Å². The number of hydrogen-bond acceptors (Lipinski definition) is 5. The van der Waals surface area contributed by atoms with Crippen LogP contribution in [-0.4, -0.2) is 57.8 Å². The predicted octanol–water partition coefficient (Wildman–Crippen LogP) is 4.82. The fraction of sp³-hybridized carbons (Fsp3) is 0.560. The summed E-state index contributed by atoms with van der Waals surface area (Å²) in [7, 11) is 0. The summed E-state index contributed by atoms with van der Waals surface area (Å²) in [6, 6.07) is 6.21. The van der Waals surface area contributed by atoms with Crippen molar-refractivity contribution < 1.29 is 14.6 Å². The van der Waals surface area contributed by atoms with Crippen LogP contribution < -0.4 is 4.90 Å². The highest BCUT2D eigenvalue weighted by Gasteiger charge is 2.34. The third-order valence-electron chi connectivity index (χ3n) is 6.12. The van der Waals surface area contributed by atoms with Gasteiger partial charge in [0.2, 0.25) is 0 Å². The van der Waals surface area contributed by atoms with E-state index in [4.69, 9.17) is 14.7 Å². The highest BCUT2D eigenvalue weighted by Crippen LogP contribution is 2.30. The Kier molecular flexibility index (Phi) is 7.39. The molecule has 2 heterocycles. The second kappa shape index (κ2) is 9.86. The van der Waals surface area contributed by atoms with Crippen LogP contribution in [0.4, 0.5) is 10.6 Å². The fourth-order valence-corrected chi connectivity index (χ4v) is 4.17. The smallest absolute Gasteiger partial charge is 0.407 e. The molecule has 0 unspecified atom stereocenters. The Morgan fingerprint density at radius 1 is 1.16 bits per heavy atom. The first-order chi connectivity index (χ1) is 15.1. The molecule has 1 fully saturated rings. The number of hydrogen-bond donors (Lipinski definition) is 1. The van der Waals surface area contributed by atoms with Crippen LogP contribution in [0, 0.1) is 26.7 Å². The summed E-state index contributed by atoms with van der Waals surface area (Å²) in [6.07, 6.45) is -0.769. The highest BCUT2D eigenvalue weighted by molar-refractivity contribution is 5.67. The lowest BCUT2D eigenvalue weighted by molar-refractivity contribution is 0.0649. The normalized spacial score (nSPS) is 16.8. The Labute approximate surface area is 191 Å². The summed E-state index contributed by atoms with van der Waals surface area (Å²) in [5.41, 5.74) is 5.18. The Balaban J connectivity index is 2.08. The monoisotopic (exact) mass is 440 g/mol. The number of piperazine rings is 1. The molecule has 1 N–H and O–H groups in total. The molecule has 7 heteroatoms. The molecule has 7 nitrogen and oxygen atoms in total. The number of carboxylic acid groups (broad SMARTS) is 1. The molecule has 32 heavy (non-hydrogen) atoms. The number of ether oxygens (including phenoxy) is 1. The summed E-state index contributed by atoms with van der Waals surface area (Å²) in [5.74, 6) is 1.75. The van der Waals surface area contributed by atoms with E-state index >= 15 is 0 Å². The topological polar surface area (TPSA) is 78.8 Å². The maximum atomic E-state index is 11.8. The molecule has 2 aromatic rings. The summed E-state index contributed by atoms with van der Waals surface area (Å²) in [6.45, 7) is 16.4. The second-order valence-electron chi connectivity index (χ2n) is 9.35. The van der Waals surface area contributed by atoms with Crippen LogP contribution in [0.25, 0.3) is 11.4 Å². The zero-order valence-electron chi connectivity index (χ0n) is 20.3. The average Bonchev–Trinajstić information content (AvgIpc) is 2.73. The number of benzene rings is 1. The van der Waals surface area contributed by atoms with E-state index in [1.54, 1.807) is 4.90 Å². The van der Waals surface area contributed by atoms with Gasteiger partial charge in [0.1, 0.15) is 5.82 Å². The number of amides is 1.